The minimum absolute atomic E-state index is 0.333. The third kappa shape index (κ3) is 1.50. The van der Waals surface area contributed by atoms with E-state index in [-0.39, 0.29) is 0 Å². The van der Waals surface area contributed by atoms with E-state index in [1.54, 1.807) is 0 Å². The van der Waals surface area contributed by atoms with Gasteiger partial charge in [0.05, 0.1) is 5.60 Å². The van der Waals surface area contributed by atoms with Crippen molar-refractivity contribution in [1.82, 2.24) is 5.32 Å². The molecule has 0 aromatic carbocycles. The van der Waals surface area contributed by atoms with Gasteiger partial charge in [-0.3, -0.25) is 0 Å². The van der Waals surface area contributed by atoms with Gasteiger partial charge in [-0.05, 0) is 51.6 Å². The van der Waals surface area contributed by atoms with E-state index in [1.807, 2.05) is 7.05 Å². The summed E-state index contributed by atoms with van der Waals surface area (Å²) >= 11 is 0. The molecule has 1 unspecified atom stereocenters. The molecule has 2 aliphatic rings. The molecular formula is C10H19NO. The fourth-order valence-electron chi connectivity index (χ4n) is 2.51. The Morgan fingerprint density at radius 1 is 1.50 bits per heavy atom. The summed E-state index contributed by atoms with van der Waals surface area (Å²) in [5.41, 5.74) is 0.333. The lowest BCUT2D eigenvalue weighted by atomic mass is 9.72. The van der Waals surface area contributed by atoms with E-state index >= 15 is 0 Å². The molecule has 2 nitrogen and oxygen atoms in total. The van der Waals surface area contributed by atoms with E-state index < -0.39 is 0 Å². The Balaban J connectivity index is 1.85. The van der Waals surface area contributed by atoms with Gasteiger partial charge in [-0.2, -0.15) is 0 Å². The second-order valence-corrected chi connectivity index (χ2v) is 4.30. The molecule has 2 rings (SSSR count). The van der Waals surface area contributed by atoms with Crippen LogP contribution in [-0.4, -0.2) is 25.8 Å². The molecule has 2 fully saturated rings. The first-order valence-electron chi connectivity index (χ1n) is 5.13. The molecule has 1 aliphatic carbocycles. The van der Waals surface area contributed by atoms with Crippen LogP contribution in [0.3, 0.4) is 0 Å². The van der Waals surface area contributed by atoms with Crippen LogP contribution < -0.4 is 5.32 Å². The van der Waals surface area contributed by atoms with E-state index in [9.17, 15) is 0 Å². The summed E-state index contributed by atoms with van der Waals surface area (Å²) in [5.74, 6) is 0.865. The third-order valence-electron chi connectivity index (χ3n) is 3.35. The summed E-state index contributed by atoms with van der Waals surface area (Å²) in [7, 11) is 2.04. The zero-order valence-electron chi connectivity index (χ0n) is 7.94. The highest BCUT2D eigenvalue weighted by molar-refractivity contribution is 4.94. The molecular weight excluding hydrogens is 150 g/mol. The van der Waals surface area contributed by atoms with E-state index in [0.717, 1.165) is 12.5 Å². The number of nitrogens with one attached hydrogen (secondary N) is 1. The van der Waals surface area contributed by atoms with Crippen molar-refractivity contribution in [2.75, 3.05) is 20.2 Å². The molecule has 0 aromatic rings. The van der Waals surface area contributed by atoms with Crippen LogP contribution in [0.2, 0.25) is 0 Å². The van der Waals surface area contributed by atoms with Crippen molar-refractivity contribution in [3.8, 4) is 0 Å². The Morgan fingerprint density at radius 3 is 2.92 bits per heavy atom. The molecule has 12 heavy (non-hydrogen) atoms. The van der Waals surface area contributed by atoms with Crippen LogP contribution in [0.4, 0.5) is 0 Å². The fourth-order valence-corrected chi connectivity index (χ4v) is 2.51. The maximum Gasteiger partial charge on any atom is 0.0685 e. The Hall–Kier alpha value is -0.0800. The van der Waals surface area contributed by atoms with Crippen molar-refractivity contribution in [2.24, 2.45) is 5.92 Å². The Labute approximate surface area is 74.7 Å². The Bertz CT molecular complexity index is 152. The van der Waals surface area contributed by atoms with Crippen LogP contribution in [-0.2, 0) is 4.74 Å². The molecule has 0 amide bonds. The van der Waals surface area contributed by atoms with Gasteiger partial charge in [-0.15, -0.1) is 0 Å². The molecule has 1 aliphatic heterocycles. The van der Waals surface area contributed by atoms with E-state index in [2.05, 4.69) is 5.32 Å². The lowest BCUT2D eigenvalue weighted by molar-refractivity contribution is -0.142. The standard InChI is InChI=1S/C10H19NO/c1-11-8-9-3-6-12-10(7-9)4-2-5-10/h9,11H,2-8H2,1H3. The molecule has 1 saturated carbocycles. The molecule has 2 heteroatoms. The van der Waals surface area contributed by atoms with Gasteiger partial charge in [0.1, 0.15) is 0 Å². The Morgan fingerprint density at radius 2 is 2.33 bits per heavy atom. The maximum atomic E-state index is 5.85. The molecule has 0 radical (unpaired) electrons. The van der Waals surface area contributed by atoms with Crippen LogP contribution in [0.1, 0.15) is 32.1 Å². The molecule has 1 atom stereocenters. The lowest BCUT2D eigenvalue weighted by Gasteiger charge is -2.47. The maximum absolute atomic E-state index is 5.85. The van der Waals surface area contributed by atoms with Crippen molar-refractivity contribution in [3.05, 3.63) is 0 Å². The van der Waals surface area contributed by atoms with Gasteiger partial charge in [0.25, 0.3) is 0 Å². The summed E-state index contributed by atoms with van der Waals surface area (Å²) in [4.78, 5) is 0. The van der Waals surface area contributed by atoms with Crippen LogP contribution >= 0.6 is 0 Å². The van der Waals surface area contributed by atoms with E-state index in [1.165, 1.54) is 38.6 Å². The predicted octanol–water partition coefficient (Wildman–Crippen LogP) is 1.56. The highest BCUT2D eigenvalue weighted by Crippen LogP contribution is 2.43. The zero-order valence-corrected chi connectivity index (χ0v) is 7.94. The predicted molar refractivity (Wildman–Crippen MR) is 49.2 cm³/mol. The first-order chi connectivity index (χ1) is 5.85. The van der Waals surface area contributed by atoms with Crippen molar-refractivity contribution in [1.29, 1.82) is 0 Å². The van der Waals surface area contributed by atoms with Crippen LogP contribution in [0.5, 0.6) is 0 Å². The SMILES string of the molecule is CNCC1CCOC2(CCC2)C1. The van der Waals surface area contributed by atoms with Gasteiger partial charge in [0.15, 0.2) is 0 Å². The van der Waals surface area contributed by atoms with Gasteiger partial charge in [-0.25, -0.2) is 0 Å². The summed E-state index contributed by atoms with van der Waals surface area (Å²) in [5, 5.41) is 3.27. The monoisotopic (exact) mass is 169 g/mol. The first-order valence-corrected chi connectivity index (χ1v) is 5.13. The number of hydrogen-bond acceptors (Lipinski definition) is 2. The molecule has 1 saturated heterocycles. The van der Waals surface area contributed by atoms with E-state index in [4.69, 9.17) is 4.74 Å². The lowest BCUT2D eigenvalue weighted by Crippen LogP contribution is -2.47. The molecule has 0 aromatic heterocycles. The van der Waals surface area contributed by atoms with Crippen molar-refractivity contribution >= 4 is 0 Å². The topological polar surface area (TPSA) is 21.3 Å². The summed E-state index contributed by atoms with van der Waals surface area (Å²) in [6, 6.07) is 0. The average Bonchev–Trinajstić information content (AvgIpc) is 2.03. The molecule has 0 bridgehead atoms. The second kappa shape index (κ2) is 3.35. The summed E-state index contributed by atoms with van der Waals surface area (Å²) in [6.45, 7) is 2.16. The van der Waals surface area contributed by atoms with Gasteiger partial charge in [0.2, 0.25) is 0 Å². The Kier molecular flexibility index (Phi) is 2.37. The third-order valence-corrected chi connectivity index (χ3v) is 3.35. The quantitative estimate of drug-likeness (QED) is 0.677. The number of hydrogen-bond donors (Lipinski definition) is 1. The average molecular weight is 169 g/mol. The number of rotatable bonds is 2. The second-order valence-electron chi connectivity index (χ2n) is 4.30. The van der Waals surface area contributed by atoms with E-state index in [0.29, 0.717) is 5.60 Å². The van der Waals surface area contributed by atoms with Crippen molar-refractivity contribution < 1.29 is 4.74 Å². The van der Waals surface area contributed by atoms with Crippen LogP contribution in [0.15, 0.2) is 0 Å². The highest BCUT2D eigenvalue weighted by atomic mass is 16.5. The van der Waals surface area contributed by atoms with Gasteiger partial charge in [-0.1, -0.05) is 0 Å². The normalized spacial score (nSPS) is 33.2. The summed E-state index contributed by atoms with van der Waals surface area (Å²) < 4.78 is 5.85. The van der Waals surface area contributed by atoms with Gasteiger partial charge in [0, 0.05) is 6.61 Å². The minimum atomic E-state index is 0.333. The van der Waals surface area contributed by atoms with Crippen molar-refractivity contribution in [2.45, 2.75) is 37.7 Å². The smallest absolute Gasteiger partial charge is 0.0685 e. The largest absolute Gasteiger partial charge is 0.375 e. The first kappa shape index (κ1) is 8.52. The molecule has 70 valence electrons. The van der Waals surface area contributed by atoms with Gasteiger partial charge < -0.3 is 10.1 Å². The van der Waals surface area contributed by atoms with Gasteiger partial charge >= 0.3 is 0 Å². The number of ether oxygens (including phenoxy) is 1. The fraction of sp³-hybridized carbons (Fsp3) is 1.00. The molecule has 1 N–H and O–H groups in total. The van der Waals surface area contributed by atoms with Crippen LogP contribution in [0.25, 0.3) is 0 Å². The molecule has 1 spiro atoms. The summed E-state index contributed by atoms with van der Waals surface area (Å²) in [6.07, 6.45) is 6.56. The molecule has 1 heterocycles. The minimum Gasteiger partial charge on any atom is -0.375 e. The van der Waals surface area contributed by atoms with Crippen LogP contribution in [0, 0.1) is 5.92 Å². The van der Waals surface area contributed by atoms with Crippen molar-refractivity contribution in [3.63, 3.8) is 0 Å². The highest BCUT2D eigenvalue weighted by Gasteiger charge is 2.42. The zero-order chi connectivity index (χ0) is 8.44.